The molecule has 0 fully saturated rings. The van der Waals surface area contributed by atoms with Crippen molar-refractivity contribution in [1.29, 1.82) is 0 Å². The van der Waals surface area contributed by atoms with Gasteiger partial charge in [0.05, 0.1) is 0 Å². The van der Waals surface area contributed by atoms with Crippen molar-refractivity contribution in [1.82, 2.24) is 19.9 Å². The van der Waals surface area contributed by atoms with Crippen molar-refractivity contribution in [3.63, 3.8) is 0 Å². The number of aromatic nitrogens is 4. The van der Waals surface area contributed by atoms with E-state index in [2.05, 4.69) is 20.6 Å². The van der Waals surface area contributed by atoms with Crippen LogP contribution in [0, 0.1) is 0 Å². The van der Waals surface area contributed by atoms with Crippen LogP contribution in [0.15, 0.2) is 58.1 Å². The van der Waals surface area contributed by atoms with Gasteiger partial charge in [0.15, 0.2) is 11.5 Å². The van der Waals surface area contributed by atoms with Gasteiger partial charge in [-0.2, -0.15) is 10.1 Å². The number of para-hydroxylation sites is 1. The number of nitrogens with two attached hydrogens (primary N) is 1. The van der Waals surface area contributed by atoms with E-state index in [1.54, 1.807) is 24.3 Å². The Morgan fingerprint density at radius 3 is 2.81 bits per heavy atom. The maximum absolute atomic E-state index is 12.5. The first-order valence-electron chi connectivity index (χ1n) is 9.61. The number of nitrogens with zero attached hydrogens (tertiary/aromatic N) is 4. The molecule has 0 radical (unpaired) electrons. The molecule has 0 spiro atoms. The van der Waals surface area contributed by atoms with Gasteiger partial charge in [-0.15, -0.1) is 11.8 Å². The number of ether oxygens (including phenoxy) is 2. The first kappa shape index (κ1) is 19.9. The van der Waals surface area contributed by atoms with Crippen LogP contribution in [0.2, 0.25) is 0 Å². The summed E-state index contributed by atoms with van der Waals surface area (Å²) in [7, 11) is 0. The summed E-state index contributed by atoms with van der Waals surface area (Å²) in [4.78, 5) is 16.9. The molecule has 3 N–H and O–H groups in total. The van der Waals surface area contributed by atoms with Crippen LogP contribution >= 0.6 is 11.8 Å². The van der Waals surface area contributed by atoms with Gasteiger partial charge >= 0.3 is 0 Å². The zero-order valence-electron chi connectivity index (χ0n) is 16.9. The maximum Gasteiger partial charge on any atom is 0.264 e. The third-order valence-electron chi connectivity index (χ3n) is 4.77. The second kappa shape index (κ2) is 8.27. The fourth-order valence-electron chi connectivity index (χ4n) is 3.25. The molecule has 5 rings (SSSR count). The molecule has 0 unspecified atom stereocenters. The minimum Gasteiger partial charge on any atom is -0.454 e. The van der Waals surface area contributed by atoms with E-state index in [9.17, 15) is 4.79 Å². The highest BCUT2D eigenvalue weighted by Gasteiger charge is 2.24. The van der Waals surface area contributed by atoms with Crippen LogP contribution in [0.25, 0.3) is 22.8 Å². The summed E-state index contributed by atoms with van der Waals surface area (Å²) in [6.07, 6.45) is 1.86. The second-order valence-corrected chi connectivity index (χ2v) is 7.63. The van der Waals surface area contributed by atoms with Gasteiger partial charge in [0.25, 0.3) is 5.89 Å². The van der Waals surface area contributed by atoms with Crippen molar-refractivity contribution in [2.75, 3.05) is 24.1 Å². The molecule has 0 saturated carbocycles. The van der Waals surface area contributed by atoms with E-state index >= 15 is 0 Å². The molecular weight excluding hydrogens is 432 g/mol. The minimum absolute atomic E-state index is 0.0581. The van der Waals surface area contributed by atoms with E-state index in [-0.39, 0.29) is 31.0 Å². The molecule has 1 aliphatic rings. The highest BCUT2D eigenvalue weighted by Crippen LogP contribution is 2.37. The molecular formula is C21H18N6O4S. The quantitative estimate of drug-likeness (QED) is 0.425. The predicted molar refractivity (Wildman–Crippen MR) is 118 cm³/mol. The van der Waals surface area contributed by atoms with E-state index in [0.29, 0.717) is 39.2 Å². The Balaban J connectivity index is 1.40. The summed E-state index contributed by atoms with van der Waals surface area (Å²) in [5.74, 6) is 1.89. The second-order valence-electron chi connectivity index (χ2n) is 6.83. The summed E-state index contributed by atoms with van der Waals surface area (Å²) in [5.41, 5.74) is 8.21. The van der Waals surface area contributed by atoms with Crippen LogP contribution in [0.1, 0.15) is 0 Å². The number of nitrogens with one attached hydrogen (secondary N) is 1. The van der Waals surface area contributed by atoms with Crippen molar-refractivity contribution in [2.24, 2.45) is 0 Å². The average molecular weight is 450 g/mol. The lowest BCUT2D eigenvalue weighted by molar-refractivity contribution is -0.116. The van der Waals surface area contributed by atoms with Crippen LogP contribution in [0.4, 0.5) is 11.5 Å². The van der Waals surface area contributed by atoms with Gasteiger partial charge in [0.1, 0.15) is 23.0 Å². The van der Waals surface area contributed by atoms with Crippen LogP contribution in [-0.2, 0) is 11.3 Å². The van der Waals surface area contributed by atoms with Gasteiger partial charge in [-0.05, 0) is 36.6 Å². The van der Waals surface area contributed by atoms with Crippen molar-refractivity contribution < 1.29 is 18.8 Å². The Bertz CT molecular complexity index is 1290. The molecule has 1 amide bonds. The number of fused-ring (bicyclic) bond motifs is 1. The SMILES string of the molecule is CSc1nn(CC(=O)Nc2ccccc2)c(N)c1-c1nc(-c2ccc3c(c2)OCO3)no1. The Morgan fingerprint density at radius 1 is 1.19 bits per heavy atom. The van der Waals surface area contributed by atoms with Crippen molar-refractivity contribution in [2.45, 2.75) is 11.6 Å². The number of benzene rings is 2. The number of hydrogen-bond donors (Lipinski definition) is 2. The number of amides is 1. The molecule has 2 aromatic heterocycles. The maximum atomic E-state index is 12.5. The number of nitrogen functional groups attached to an aromatic ring is 1. The summed E-state index contributed by atoms with van der Waals surface area (Å²) in [6.45, 7) is 0.123. The normalized spacial score (nSPS) is 12.2. The van der Waals surface area contributed by atoms with E-state index in [1.807, 2.05) is 30.5 Å². The standard InChI is InChI=1S/C21H18N6O4S/c1-32-21-17(18(22)27(25-21)10-16(28)23-13-5-3-2-4-6-13)20-24-19(26-31-20)12-7-8-14-15(9-12)30-11-29-14/h2-9H,10-11,22H2,1H3,(H,23,28). The molecule has 10 nitrogen and oxygen atoms in total. The minimum atomic E-state index is -0.254. The van der Waals surface area contributed by atoms with Crippen molar-refractivity contribution in [3.05, 3.63) is 48.5 Å². The molecule has 0 bridgehead atoms. The van der Waals surface area contributed by atoms with E-state index in [1.165, 1.54) is 16.4 Å². The van der Waals surface area contributed by atoms with E-state index < -0.39 is 0 Å². The lowest BCUT2D eigenvalue weighted by Gasteiger charge is -2.06. The third-order valence-corrected chi connectivity index (χ3v) is 5.45. The van der Waals surface area contributed by atoms with E-state index in [0.717, 1.165) is 0 Å². The Hall–Kier alpha value is -3.99. The Labute approximate surface area is 186 Å². The topological polar surface area (TPSA) is 130 Å². The molecule has 0 atom stereocenters. The predicted octanol–water partition coefficient (Wildman–Crippen LogP) is 3.27. The summed E-state index contributed by atoms with van der Waals surface area (Å²) < 4.78 is 17.6. The lowest BCUT2D eigenvalue weighted by Crippen LogP contribution is -2.20. The lowest BCUT2D eigenvalue weighted by atomic mass is 10.2. The van der Waals surface area contributed by atoms with Gasteiger partial charge in [-0.3, -0.25) is 4.79 Å². The number of carbonyl (C=O) groups excluding carboxylic acids is 1. The summed E-state index contributed by atoms with van der Waals surface area (Å²) in [5, 5.41) is 11.9. The van der Waals surface area contributed by atoms with Gasteiger partial charge in [0, 0.05) is 11.3 Å². The summed E-state index contributed by atoms with van der Waals surface area (Å²) >= 11 is 1.37. The van der Waals surface area contributed by atoms with Gasteiger partial charge in [-0.25, -0.2) is 4.68 Å². The zero-order valence-corrected chi connectivity index (χ0v) is 17.8. The Morgan fingerprint density at radius 2 is 2.00 bits per heavy atom. The number of carbonyl (C=O) groups is 1. The molecule has 1 aliphatic heterocycles. The third kappa shape index (κ3) is 3.73. The molecule has 11 heteroatoms. The number of hydrogen-bond acceptors (Lipinski definition) is 9. The molecule has 3 heterocycles. The molecule has 2 aromatic carbocycles. The van der Waals surface area contributed by atoms with Gasteiger partial charge in [-0.1, -0.05) is 23.4 Å². The van der Waals surface area contributed by atoms with Gasteiger partial charge < -0.3 is 25.0 Å². The molecule has 32 heavy (non-hydrogen) atoms. The van der Waals surface area contributed by atoms with Gasteiger partial charge in [0.2, 0.25) is 18.5 Å². The van der Waals surface area contributed by atoms with E-state index in [4.69, 9.17) is 19.7 Å². The Kier molecular flexibility index (Phi) is 5.15. The molecule has 162 valence electrons. The number of rotatable bonds is 6. The monoisotopic (exact) mass is 450 g/mol. The first-order chi connectivity index (χ1) is 15.6. The van der Waals surface area contributed by atoms with Crippen LogP contribution in [0.3, 0.4) is 0 Å². The largest absolute Gasteiger partial charge is 0.454 e. The molecule has 0 aliphatic carbocycles. The average Bonchev–Trinajstić information content (AvgIpc) is 3.53. The summed E-state index contributed by atoms with van der Waals surface area (Å²) in [6, 6.07) is 14.6. The van der Waals surface area contributed by atoms with Crippen molar-refractivity contribution in [3.8, 4) is 34.3 Å². The highest BCUT2D eigenvalue weighted by atomic mass is 32.2. The zero-order chi connectivity index (χ0) is 22.1. The molecule has 4 aromatic rings. The fraction of sp³-hybridized carbons (Fsp3) is 0.143. The number of anilines is 2. The fourth-order valence-corrected chi connectivity index (χ4v) is 3.83. The van der Waals surface area contributed by atoms with Crippen LogP contribution in [0.5, 0.6) is 11.5 Å². The van der Waals surface area contributed by atoms with Crippen molar-refractivity contribution >= 4 is 29.2 Å². The molecule has 0 saturated heterocycles. The first-order valence-corrected chi connectivity index (χ1v) is 10.8. The smallest absolute Gasteiger partial charge is 0.264 e. The van der Waals surface area contributed by atoms with Crippen LogP contribution in [-0.4, -0.2) is 38.9 Å². The highest BCUT2D eigenvalue weighted by molar-refractivity contribution is 7.98. The number of thioether (sulfide) groups is 1. The van der Waals surface area contributed by atoms with Crippen LogP contribution < -0.4 is 20.5 Å².